The molecule has 0 radical (unpaired) electrons. The summed E-state index contributed by atoms with van der Waals surface area (Å²) in [5.74, 6) is -0.671. The van der Waals surface area contributed by atoms with Crippen molar-refractivity contribution >= 4 is 39.4 Å². The van der Waals surface area contributed by atoms with Crippen LogP contribution in [0.2, 0.25) is 5.02 Å². The summed E-state index contributed by atoms with van der Waals surface area (Å²) in [5, 5.41) is 7.66. The number of esters is 1. The van der Waals surface area contributed by atoms with Crippen LogP contribution in [0.25, 0.3) is 0 Å². The first-order chi connectivity index (χ1) is 11.8. The molecule has 1 unspecified atom stereocenters. The zero-order chi connectivity index (χ0) is 18.6. The molecule has 1 heterocycles. The van der Waals surface area contributed by atoms with Crippen molar-refractivity contribution in [2.75, 3.05) is 7.11 Å². The van der Waals surface area contributed by atoms with Gasteiger partial charge in [-0.05, 0) is 31.5 Å². The van der Waals surface area contributed by atoms with Gasteiger partial charge in [0.15, 0.2) is 0 Å². The third-order valence-corrected chi connectivity index (χ3v) is 4.81. The fourth-order valence-electron chi connectivity index (χ4n) is 2.43. The van der Waals surface area contributed by atoms with Gasteiger partial charge in [0.1, 0.15) is 6.54 Å². The Hall–Kier alpha value is -1.86. The second-order valence-electron chi connectivity index (χ2n) is 5.60. The van der Waals surface area contributed by atoms with Crippen LogP contribution < -0.4 is 5.32 Å². The lowest BCUT2D eigenvalue weighted by atomic mass is 10.0. The topological polar surface area (TPSA) is 73.2 Å². The van der Waals surface area contributed by atoms with E-state index in [9.17, 15) is 9.59 Å². The minimum atomic E-state index is -0.495. The van der Waals surface area contributed by atoms with E-state index >= 15 is 0 Å². The molecule has 25 heavy (non-hydrogen) atoms. The van der Waals surface area contributed by atoms with Crippen molar-refractivity contribution in [1.29, 1.82) is 0 Å². The zero-order valence-electron chi connectivity index (χ0n) is 14.2. The fourth-order valence-corrected chi connectivity index (χ4v) is 2.98. The number of carbonyl (C=O) groups is 2. The molecule has 1 aromatic carbocycles. The predicted octanol–water partition coefficient (Wildman–Crippen LogP) is 3.34. The minimum Gasteiger partial charge on any atom is -0.469 e. The van der Waals surface area contributed by atoms with Crippen LogP contribution in [0.3, 0.4) is 0 Å². The highest BCUT2D eigenvalue weighted by atomic mass is 79.9. The molecule has 0 aliphatic rings. The maximum absolute atomic E-state index is 12.4. The van der Waals surface area contributed by atoms with Gasteiger partial charge in [-0.1, -0.05) is 39.7 Å². The molecule has 1 aromatic heterocycles. The molecule has 2 rings (SSSR count). The molecule has 8 heteroatoms. The van der Waals surface area contributed by atoms with Gasteiger partial charge in [0.2, 0.25) is 5.91 Å². The summed E-state index contributed by atoms with van der Waals surface area (Å²) in [6.45, 7) is 3.60. The van der Waals surface area contributed by atoms with Crippen LogP contribution in [0.5, 0.6) is 0 Å². The van der Waals surface area contributed by atoms with Crippen LogP contribution in [0.15, 0.2) is 28.7 Å². The van der Waals surface area contributed by atoms with Crippen molar-refractivity contribution in [1.82, 2.24) is 15.1 Å². The number of nitrogens with one attached hydrogen (secondary N) is 1. The maximum atomic E-state index is 12.4. The highest BCUT2D eigenvalue weighted by molar-refractivity contribution is 9.10. The van der Waals surface area contributed by atoms with Gasteiger partial charge in [-0.25, -0.2) is 0 Å². The van der Waals surface area contributed by atoms with Crippen molar-refractivity contribution < 1.29 is 14.3 Å². The Morgan fingerprint density at radius 1 is 1.40 bits per heavy atom. The molecule has 0 aliphatic heterocycles. The van der Waals surface area contributed by atoms with Crippen molar-refractivity contribution in [3.8, 4) is 0 Å². The molecule has 1 N–H and O–H groups in total. The summed E-state index contributed by atoms with van der Waals surface area (Å²) in [7, 11) is 1.32. The molecule has 1 atom stereocenters. The number of rotatable bonds is 6. The molecule has 0 saturated carbocycles. The van der Waals surface area contributed by atoms with Crippen LogP contribution in [0.4, 0.5) is 0 Å². The smallest absolute Gasteiger partial charge is 0.307 e. The highest BCUT2D eigenvalue weighted by Crippen LogP contribution is 2.22. The largest absolute Gasteiger partial charge is 0.469 e. The second kappa shape index (κ2) is 8.49. The van der Waals surface area contributed by atoms with E-state index in [-0.39, 0.29) is 18.9 Å². The van der Waals surface area contributed by atoms with E-state index in [1.165, 1.54) is 7.11 Å². The monoisotopic (exact) mass is 427 g/mol. The van der Waals surface area contributed by atoms with E-state index in [1.54, 1.807) is 18.5 Å². The SMILES string of the molecule is COC(=O)CC(NC(=O)Cn1nc(C)c(Cl)c1C)c1cccc(Br)c1. The molecule has 0 spiro atoms. The van der Waals surface area contributed by atoms with Crippen LogP contribution in [-0.2, 0) is 20.9 Å². The van der Waals surface area contributed by atoms with E-state index in [2.05, 4.69) is 26.3 Å². The Bertz CT molecular complexity index is 791. The predicted molar refractivity (Wildman–Crippen MR) is 98.4 cm³/mol. The number of ether oxygens (including phenoxy) is 1. The van der Waals surface area contributed by atoms with Crippen molar-refractivity contribution in [2.45, 2.75) is 32.9 Å². The Kier molecular flexibility index (Phi) is 6.61. The van der Waals surface area contributed by atoms with Gasteiger partial charge in [0, 0.05) is 4.47 Å². The normalized spacial score (nSPS) is 11.9. The average Bonchev–Trinajstić information content (AvgIpc) is 2.81. The van der Waals surface area contributed by atoms with E-state index in [0.29, 0.717) is 10.7 Å². The Morgan fingerprint density at radius 2 is 2.12 bits per heavy atom. The summed E-state index contributed by atoms with van der Waals surface area (Å²) in [4.78, 5) is 24.1. The lowest BCUT2D eigenvalue weighted by Gasteiger charge is -2.19. The molecule has 2 aromatic rings. The lowest BCUT2D eigenvalue weighted by Crippen LogP contribution is -2.33. The molecule has 0 aliphatic carbocycles. The fraction of sp³-hybridized carbons (Fsp3) is 0.353. The van der Waals surface area contributed by atoms with Crippen molar-refractivity contribution in [3.05, 3.63) is 50.7 Å². The summed E-state index contributed by atoms with van der Waals surface area (Å²) in [5.41, 5.74) is 2.20. The third-order valence-electron chi connectivity index (χ3n) is 3.77. The van der Waals surface area contributed by atoms with E-state index in [4.69, 9.17) is 16.3 Å². The van der Waals surface area contributed by atoms with Gasteiger partial charge >= 0.3 is 5.97 Å². The lowest BCUT2D eigenvalue weighted by molar-refractivity contribution is -0.141. The molecule has 0 bridgehead atoms. The van der Waals surface area contributed by atoms with E-state index < -0.39 is 12.0 Å². The first kappa shape index (κ1) is 19.5. The first-order valence-electron chi connectivity index (χ1n) is 7.63. The van der Waals surface area contributed by atoms with E-state index in [0.717, 1.165) is 15.7 Å². The number of halogens is 2. The zero-order valence-corrected chi connectivity index (χ0v) is 16.5. The van der Waals surface area contributed by atoms with Gasteiger partial charge in [-0.15, -0.1) is 0 Å². The second-order valence-corrected chi connectivity index (χ2v) is 6.89. The number of carbonyl (C=O) groups excluding carboxylic acids is 2. The van der Waals surface area contributed by atoms with E-state index in [1.807, 2.05) is 24.3 Å². The Morgan fingerprint density at radius 3 is 2.68 bits per heavy atom. The standard InChI is InChI=1S/C17H19BrClN3O3/c1-10-17(19)11(2)22(21-10)9-15(23)20-14(8-16(24)25-3)12-5-4-6-13(18)7-12/h4-7,14H,8-9H2,1-3H3,(H,20,23). The number of hydrogen-bond donors (Lipinski definition) is 1. The van der Waals surface area contributed by atoms with Crippen LogP contribution >= 0.6 is 27.5 Å². The van der Waals surface area contributed by atoms with Crippen molar-refractivity contribution in [3.63, 3.8) is 0 Å². The number of aryl methyl sites for hydroxylation is 1. The third kappa shape index (κ3) is 5.06. The molecule has 0 saturated heterocycles. The van der Waals surface area contributed by atoms with Crippen LogP contribution in [-0.4, -0.2) is 28.8 Å². The van der Waals surface area contributed by atoms with Gasteiger partial charge in [-0.2, -0.15) is 5.10 Å². The molecular formula is C17H19BrClN3O3. The quantitative estimate of drug-likeness (QED) is 0.716. The number of aromatic nitrogens is 2. The van der Waals surface area contributed by atoms with Gasteiger partial charge in [-0.3, -0.25) is 14.3 Å². The Balaban J connectivity index is 2.16. The van der Waals surface area contributed by atoms with Gasteiger partial charge in [0.25, 0.3) is 0 Å². The summed E-state index contributed by atoms with van der Waals surface area (Å²) in [6.07, 6.45) is 0.0383. The van der Waals surface area contributed by atoms with Crippen molar-refractivity contribution in [2.24, 2.45) is 0 Å². The van der Waals surface area contributed by atoms with Gasteiger partial charge < -0.3 is 10.1 Å². The average molecular weight is 429 g/mol. The van der Waals surface area contributed by atoms with Crippen LogP contribution in [0.1, 0.15) is 29.4 Å². The number of nitrogens with zero attached hydrogens (tertiary/aromatic N) is 2. The molecule has 134 valence electrons. The first-order valence-corrected chi connectivity index (χ1v) is 8.80. The summed E-state index contributed by atoms with van der Waals surface area (Å²) < 4.78 is 7.14. The molecule has 1 amide bonds. The minimum absolute atomic E-state index is 0.0189. The molecule has 0 fully saturated rings. The number of methoxy groups -OCH3 is 1. The number of amides is 1. The van der Waals surface area contributed by atoms with Gasteiger partial charge in [0.05, 0.1) is 36.0 Å². The summed E-state index contributed by atoms with van der Waals surface area (Å²) in [6, 6.07) is 6.92. The highest BCUT2D eigenvalue weighted by Gasteiger charge is 2.20. The number of benzene rings is 1. The molecular weight excluding hydrogens is 410 g/mol. The number of hydrogen-bond acceptors (Lipinski definition) is 4. The molecule has 6 nitrogen and oxygen atoms in total. The van der Waals surface area contributed by atoms with Crippen LogP contribution in [0, 0.1) is 13.8 Å². The Labute approximate surface area is 159 Å². The maximum Gasteiger partial charge on any atom is 0.307 e. The summed E-state index contributed by atoms with van der Waals surface area (Å²) >= 11 is 9.50.